The van der Waals surface area contributed by atoms with E-state index in [1.54, 1.807) is 24.3 Å². The Labute approximate surface area is 109 Å². The zero-order valence-corrected chi connectivity index (χ0v) is 10.1. The quantitative estimate of drug-likeness (QED) is 0.819. The molecule has 1 amide bonds. The fourth-order valence-corrected chi connectivity index (χ4v) is 1.30. The summed E-state index contributed by atoms with van der Waals surface area (Å²) in [4.78, 5) is 11.0. The highest BCUT2D eigenvalue weighted by molar-refractivity contribution is 5.76. The monoisotopic (exact) mass is 270 g/mol. The summed E-state index contributed by atoms with van der Waals surface area (Å²) in [6.07, 6.45) is -5.95. The minimum atomic E-state index is -4.48. The molecule has 0 saturated heterocycles. The topological polar surface area (TPSA) is 55.1 Å². The van der Waals surface area contributed by atoms with E-state index in [1.165, 1.54) is 0 Å². The minimum absolute atomic E-state index is 0.0551. The summed E-state index contributed by atoms with van der Waals surface area (Å²) in [5.41, 5.74) is 6.69. The van der Waals surface area contributed by atoms with Gasteiger partial charge in [-0.3, -0.25) is 4.79 Å². The summed E-state index contributed by atoms with van der Waals surface area (Å²) in [6.45, 7) is 0.314. The van der Waals surface area contributed by atoms with Crippen LogP contribution >= 0.6 is 0 Å². The van der Waals surface area contributed by atoms with E-state index in [9.17, 15) is 18.0 Å². The van der Waals surface area contributed by atoms with Crippen LogP contribution in [-0.4, -0.2) is 18.6 Å². The molecule has 3 N–H and O–H groups in total. The summed E-state index contributed by atoms with van der Waals surface area (Å²) < 4.78 is 35.8. The zero-order chi connectivity index (χ0) is 14.3. The van der Waals surface area contributed by atoms with E-state index in [0.29, 0.717) is 5.56 Å². The number of hydrogen-bond donors (Lipinski definition) is 2. The van der Waals surface area contributed by atoms with Gasteiger partial charge in [0.25, 0.3) is 0 Å². The zero-order valence-electron chi connectivity index (χ0n) is 10.1. The van der Waals surface area contributed by atoms with Gasteiger partial charge in [0, 0.05) is 12.1 Å². The van der Waals surface area contributed by atoms with E-state index in [0.717, 1.165) is 5.56 Å². The number of hydrogen-bond acceptors (Lipinski definition) is 2. The molecule has 0 aromatic heterocycles. The maximum Gasteiger partial charge on any atom is 0.397 e. The maximum absolute atomic E-state index is 11.9. The van der Waals surface area contributed by atoms with Crippen LogP contribution in [0.25, 0.3) is 0 Å². The second-order valence-electron chi connectivity index (χ2n) is 3.77. The number of benzene rings is 1. The highest BCUT2D eigenvalue weighted by atomic mass is 19.4. The maximum atomic E-state index is 11.9. The van der Waals surface area contributed by atoms with Crippen molar-refractivity contribution in [2.24, 2.45) is 5.73 Å². The number of halogens is 3. The Morgan fingerprint density at radius 3 is 2.42 bits per heavy atom. The largest absolute Gasteiger partial charge is 0.397 e. The van der Waals surface area contributed by atoms with Gasteiger partial charge in [0.05, 0.1) is 6.54 Å². The van der Waals surface area contributed by atoms with Crippen molar-refractivity contribution in [3.8, 4) is 11.8 Å². The van der Waals surface area contributed by atoms with Gasteiger partial charge in [-0.1, -0.05) is 24.0 Å². The highest BCUT2D eigenvalue weighted by Crippen LogP contribution is 2.18. The van der Waals surface area contributed by atoms with Crippen LogP contribution < -0.4 is 11.1 Å². The van der Waals surface area contributed by atoms with Crippen LogP contribution in [0.5, 0.6) is 0 Å². The lowest BCUT2D eigenvalue weighted by molar-refractivity contribution is -0.153. The molecule has 0 aliphatic carbocycles. The molecule has 0 bridgehead atoms. The molecule has 19 heavy (non-hydrogen) atoms. The Kier molecular flexibility index (Phi) is 5.39. The molecule has 0 atom stereocenters. The Balaban J connectivity index is 2.48. The molecule has 0 unspecified atom stereocenters. The van der Waals surface area contributed by atoms with Crippen molar-refractivity contribution in [3.63, 3.8) is 0 Å². The first-order valence-corrected chi connectivity index (χ1v) is 5.52. The third-order valence-electron chi connectivity index (χ3n) is 2.14. The molecule has 1 aromatic carbocycles. The number of rotatable bonds is 3. The average molecular weight is 270 g/mol. The second kappa shape index (κ2) is 6.81. The number of amides is 1. The smallest absolute Gasteiger partial charge is 0.352 e. The summed E-state index contributed by atoms with van der Waals surface area (Å²) >= 11 is 0. The van der Waals surface area contributed by atoms with E-state index in [2.05, 4.69) is 17.2 Å². The van der Waals surface area contributed by atoms with Crippen molar-refractivity contribution >= 4 is 5.91 Å². The Hall–Kier alpha value is -2.00. The van der Waals surface area contributed by atoms with Crippen molar-refractivity contribution in [3.05, 3.63) is 35.4 Å². The number of alkyl halides is 3. The molecule has 102 valence electrons. The first-order chi connectivity index (χ1) is 8.90. The normalized spacial score (nSPS) is 10.5. The molecule has 0 saturated carbocycles. The Morgan fingerprint density at radius 2 is 1.89 bits per heavy atom. The van der Waals surface area contributed by atoms with Crippen LogP contribution in [-0.2, 0) is 11.3 Å². The van der Waals surface area contributed by atoms with Gasteiger partial charge in [0.1, 0.15) is 6.42 Å². The van der Waals surface area contributed by atoms with Gasteiger partial charge >= 0.3 is 6.18 Å². The average Bonchev–Trinajstić information content (AvgIpc) is 2.33. The van der Waals surface area contributed by atoms with E-state index in [4.69, 9.17) is 5.73 Å². The molecule has 0 radical (unpaired) electrons. The second-order valence-corrected chi connectivity index (χ2v) is 3.77. The van der Waals surface area contributed by atoms with Crippen molar-refractivity contribution < 1.29 is 18.0 Å². The molecule has 1 rings (SSSR count). The fraction of sp³-hybridized carbons (Fsp3) is 0.308. The van der Waals surface area contributed by atoms with Gasteiger partial charge in [-0.05, 0) is 17.7 Å². The van der Waals surface area contributed by atoms with Crippen LogP contribution in [0.3, 0.4) is 0 Å². The van der Waals surface area contributed by atoms with Gasteiger partial charge in [0.15, 0.2) is 0 Å². The minimum Gasteiger partial charge on any atom is -0.352 e. The van der Waals surface area contributed by atoms with Crippen LogP contribution in [0.1, 0.15) is 17.5 Å². The Bertz CT molecular complexity index is 483. The lowest BCUT2D eigenvalue weighted by atomic mass is 10.1. The van der Waals surface area contributed by atoms with Crippen LogP contribution in [0.2, 0.25) is 0 Å². The van der Waals surface area contributed by atoms with Crippen molar-refractivity contribution in [2.75, 3.05) is 6.54 Å². The number of nitrogens with one attached hydrogen (secondary N) is 1. The van der Waals surface area contributed by atoms with Gasteiger partial charge < -0.3 is 11.1 Å². The van der Waals surface area contributed by atoms with E-state index >= 15 is 0 Å². The number of nitrogens with two attached hydrogens (primary N) is 1. The summed E-state index contributed by atoms with van der Waals surface area (Å²) in [6, 6.07) is 6.81. The Morgan fingerprint density at radius 1 is 1.26 bits per heavy atom. The van der Waals surface area contributed by atoms with Crippen molar-refractivity contribution in [2.45, 2.75) is 19.1 Å². The van der Waals surface area contributed by atoms with E-state index < -0.39 is 18.5 Å². The summed E-state index contributed by atoms with van der Waals surface area (Å²) in [7, 11) is 0. The first-order valence-electron chi connectivity index (χ1n) is 5.52. The molecule has 6 heteroatoms. The fourth-order valence-electron chi connectivity index (χ4n) is 1.30. The highest BCUT2D eigenvalue weighted by Gasteiger charge is 2.30. The molecule has 1 aromatic rings. The van der Waals surface area contributed by atoms with Gasteiger partial charge in [-0.2, -0.15) is 13.2 Å². The SMILES string of the molecule is NCC#Cc1ccc(CNC(=O)CC(F)(F)F)cc1. The molecule has 0 aliphatic rings. The van der Waals surface area contributed by atoms with Gasteiger partial charge in [-0.15, -0.1) is 0 Å². The summed E-state index contributed by atoms with van der Waals surface area (Å²) in [5, 5.41) is 2.20. The van der Waals surface area contributed by atoms with E-state index in [-0.39, 0.29) is 13.1 Å². The summed E-state index contributed by atoms with van der Waals surface area (Å²) in [5.74, 6) is 4.46. The van der Waals surface area contributed by atoms with E-state index in [1.807, 2.05) is 0 Å². The number of carbonyl (C=O) groups is 1. The molecule has 0 aliphatic heterocycles. The molecule has 3 nitrogen and oxygen atoms in total. The molecular formula is C13H13F3N2O. The third kappa shape index (κ3) is 6.48. The van der Waals surface area contributed by atoms with Crippen LogP contribution in [0.15, 0.2) is 24.3 Å². The predicted molar refractivity (Wildman–Crippen MR) is 64.9 cm³/mol. The van der Waals surface area contributed by atoms with Crippen LogP contribution in [0.4, 0.5) is 13.2 Å². The number of carbonyl (C=O) groups excluding carboxylic acids is 1. The third-order valence-corrected chi connectivity index (χ3v) is 2.14. The van der Waals surface area contributed by atoms with Crippen molar-refractivity contribution in [1.29, 1.82) is 0 Å². The van der Waals surface area contributed by atoms with Gasteiger partial charge in [0.2, 0.25) is 5.91 Å². The molecule has 0 spiro atoms. The molecular weight excluding hydrogens is 257 g/mol. The molecule has 0 fully saturated rings. The van der Waals surface area contributed by atoms with Crippen LogP contribution in [0, 0.1) is 11.8 Å². The van der Waals surface area contributed by atoms with Crippen molar-refractivity contribution in [1.82, 2.24) is 5.32 Å². The first kappa shape index (κ1) is 15.1. The standard InChI is InChI=1S/C13H13F3N2O/c14-13(15,16)8-12(19)18-9-11-5-3-10(4-6-11)2-1-7-17/h3-6H,7-9,17H2,(H,18,19). The van der Waals surface area contributed by atoms with Gasteiger partial charge in [-0.25, -0.2) is 0 Å². The lowest BCUT2D eigenvalue weighted by Crippen LogP contribution is -2.28. The predicted octanol–water partition coefficient (Wildman–Crippen LogP) is 1.57. The molecule has 0 heterocycles. The lowest BCUT2D eigenvalue weighted by Gasteiger charge is -2.07.